The van der Waals surface area contributed by atoms with Gasteiger partial charge in [-0.05, 0) is 55.9 Å². The van der Waals surface area contributed by atoms with Gasteiger partial charge in [0, 0.05) is 41.6 Å². The van der Waals surface area contributed by atoms with E-state index in [9.17, 15) is 14.0 Å². The van der Waals surface area contributed by atoms with E-state index < -0.39 is 18.0 Å². The molecule has 2 unspecified atom stereocenters. The number of carboxylic acids is 1. The summed E-state index contributed by atoms with van der Waals surface area (Å²) in [4.78, 5) is 37.8. The number of nitrogens with zero attached hydrogens (tertiary/aromatic N) is 3. The molecule has 0 fully saturated rings. The Morgan fingerprint density at radius 1 is 1.39 bits per heavy atom. The van der Waals surface area contributed by atoms with Crippen molar-refractivity contribution in [3.05, 3.63) is 74.3 Å². The van der Waals surface area contributed by atoms with Gasteiger partial charge in [0.25, 0.3) is 0 Å². The van der Waals surface area contributed by atoms with Gasteiger partial charge < -0.3 is 20.9 Å². The smallest absolute Gasteiger partial charge is 0.338 e. The number of ether oxygens (including phenoxy) is 1. The van der Waals surface area contributed by atoms with Gasteiger partial charge >= 0.3 is 11.9 Å². The number of thiazole rings is 1. The standard InChI is InChI=1S/C27H30FN5O4S/c1-3-37-27(36)22-23(16-7-8-20(29)17(13-16)14-30-10-9-21(34)35)32-25(26-31-11-12-38-26)33-24(22)18-5-4-6-19(28)15(18)2/h4-6,11-12,14,16,24H,3,7-10,13,29H2,1-2H3,(H,32,33)(H,34,35). The maximum Gasteiger partial charge on any atom is 0.338 e. The van der Waals surface area contributed by atoms with E-state index in [-0.39, 0.29) is 31.3 Å². The first-order valence-electron chi connectivity index (χ1n) is 12.4. The van der Waals surface area contributed by atoms with Crippen LogP contribution < -0.4 is 11.1 Å². The van der Waals surface area contributed by atoms with Crippen LogP contribution in [-0.4, -0.2) is 47.2 Å². The minimum Gasteiger partial charge on any atom is -0.481 e. The molecular weight excluding hydrogens is 509 g/mol. The number of amidine groups is 1. The van der Waals surface area contributed by atoms with E-state index in [1.807, 2.05) is 5.38 Å². The van der Waals surface area contributed by atoms with Crippen molar-refractivity contribution >= 4 is 35.3 Å². The Bertz CT molecular complexity index is 1330. The molecule has 4 N–H and O–H groups in total. The van der Waals surface area contributed by atoms with Gasteiger partial charge in [-0.25, -0.2) is 14.2 Å². The van der Waals surface area contributed by atoms with Crippen molar-refractivity contribution < 1.29 is 23.8 Å². The van der Waals surface area contributed by atoms with Crippen molar-refractivity contribution in [2.24, 2.45) is 21.6 Å². The van der Waals surface area contributed by atoms with E-state index in [1.165, 1.54) is 17.4 Å². The predicted octanol–water partition coefficient (Wildman–Crippen LogP) is 4.06. The summed E-state index contributed by atoms with van der Waals surface area (Å²) in [7, 11) is 0. The molecule has 9 nitrogen and oxygen atoms in total. The minimum absolute atomic E-state index is 0.0743. The van der Waals surface area contributed by atoms with Gasteiger partial charge in [0.2, 0.25) is 0 Å². The van der Waals surface area contributed by atoms with Crippen LogP contribution in [0.4, 0.5) is 4.39 Å². The molecule has 0 saturated carbocycles. The van der Waals surface area contributed by atoms with Gasteiger partial charge in [-0.1, -0.05) is 12.1 Å². The molecule has 0 amide bonds. The average molecular weight is 540 g/mol. The third-order valence-electron chi connectivity index (χ3n) is 6.56. The van der Waals surface area contributed by atoms with Crippen LogP contribution in [-0.2, 0) is 14.3 Å². The molecule has 4 rings (SSSR count). The molecule has 200 valence electrons. The number of aliphatic carboxylic acids is 1. The zero-order chi connectivity index (χ0) is 27.2. The van der Waals surface area contributed by atoms with Crippen LogP contribution in [0.15, 0.2) is 62.3 Å². The van der Waals surface area contributed by atoms with Crippen molar-refractivity contribution in [3.8, 4) is 0 Å². The van der Waals surface area contributed by atoms with Crippen LogP contribution in [0.1, 0.15) is 54.8 Å². The first-order chi connectivity index (χ1) is 18.3. The number of carboxylic acid groups (broad SMARTS) is 1. The summed E-state index contributed by atoms with van der Waals surface area (Å²) >= 11 is 1.40. The quantitative estimate of drug-likeness (QED) is 0.323. The fourth-order valence-electron chi connectivity index (χ4n) is 4.62. The number of nitrogens with one attached hydrogen (secondary N) is 1. The molecule has 0 bridgehead atoms. The highest BCUT2D eigenvalue weighted by atomic mass is 32.1. The lowest BCUT2D eigenvalue weighted by atomic mass is 9.80. The molecule has 1 aliphatic carbocycles. The Balaban J connectivity index is 1.79. The second-order valence-corrected chi connectivity index (χ2v) is 9.91. The number of aromatic nitrogens is 1. The second-order valence-electron chi connectivity index (χ2n) is 9.01. The molecule has 2 aliphatic rings. The molecule has 11 heteroatoms. The van der Waals surface area contributed by atoms with Crippen molar-refractivity contribution in [1.29, 1.82) is 0 Å². The third-order valence-corrected chi connectivity index (χ3v) is 7.34. The van der Waals surface area contributed by atoms with Crippen molar-refractivity contribution in [2.75, 3.05) is 13.2 Å². The summed E-state index contributed by atoms with van der Waals surface area (Å²) in [6.07, 6.45) is 4.93. The number of allylic oxidation sites excluding steroid dienone is 3. The van der Waals surface area contributed by atoms with Gasteiger partial charge in [-0.3, -0.25) is 14.8 Å². The number of carbonyl (C=O) groups is 2. The molecule has 38 heavy (non-hydrogen) atoms. The summed E-state index contributed by atoms with van der Waals surface area (Å²) < 4.78 is 20.1. The van der Waals surface area contributed by atoms with Crippen molar-refractivity contribution in [2.45, 2.75) is 45.6 Å². The van der Waals surface area contributed by atoms with Crippen LogP contribution >= 0.6 is 11.3 Å². The number of halogens is 1. The van der Waals surface area contributed by atoms with Crippen molar-refractivity contribution in [1.82, 2.24) is 10.3 Å². The number of hydrogen-bond donors (Lipinski definition) is 3. The molecule has 2 atom stereocenters. The number of benzene rings is 1. The van der Waals surface area contributed by atoms with Gasteiger partial charge in [0.1, 0.15) is 11.9 Å². The van der Waals surface area contributed by atoms with E-state index in [4.69, 9.17) is 20.6 Å². The lowest BCUT2D eigenvalue weighted by molar-refractivity contribution is -0.139. The fourth-order valence-corrected chi connectivity index (χ4v) is 5.21. The van der Waals surface area contributed by atoms with Crippen LogP contribution in [0.2, 0.25) is 0 Å². The average Bonchev–Trinajstić information content (AvgIpc) is 3.44. The Kier molecular flexibility index (Phi) is 8.67. The molecular formula is C27H30FN5O4S. The molecule has 0 radical (unpaired) electrons. The maximum absolute atomic E-state index is 14.6. The number of esters is 1. The summed E-state index contributed by atoms with van der Waals surface area (Å²) in [5, 5.41) is 14.7. The molecule has 0 spiro atoms. The van der Waals surface area contributed by atoms with E-state index in [2.05, 4.69) is 15.3 Å². The molecule has 0 saturated heterocycles. The van der Waals surface area contributed by atoms with E-state index in [0.717, 1.165) is 5.57 Å². The highest BCUT2D eigenvalue weighted by molar-refractivity contribution is 7.11. The summed E-state index contributed by atoms with van der Waals surface area (Å²) in [5.41, 5.74) is 9.70. The minimum atomic E-state index is -0.922. The van der Waals surface area contributed by atoms with Gasteiger partial charge in [-0.15, -0.1) is 11.3 Å². The topological polar surface area (TPSA) is 139 Å². The fraction of sp³-hybridized carbons (Fsp3) is 0.370. The van der Waals surface area contributed by atoms with Crippen LogP contribution in [0.3, 0.4) is 0 Å². The normalized spacial score (nSPS) is 19.9. The highest BCUT2D eigenvalue weighted by Crippen LogP contribution is 2.40. The van der Waals surface area contributed by atoms with Crippen molar-refractivity contribution in [3.63, 3.8) is 0 Å². The Morgan fingerprint density at radius 2 is 2.21 bits per heavy atom. The molecule has 1 aromatic carbocycles. The number of carbonyl (C=O) groups excluding carboxylic acids is 1. The molecule has 1 aliphatic heterocycles. The Hall–Kier alpha value is -3.86. The second kappa shape index (κ2) is 12.1. The maximum atomic E-state index is 14.6. The predicted molar refractivity (Wildman–Crippen MR) is 143 cm³/mol. The number of nitrogens with two attached hydrogens (primary N) is 1. The lowest BCUT2D eigenvalue weighted by Crippen LogP contribution is -2.38. The van der Waals surface area contributed by atoms with Gasteiger partial charge in [-0.2, -0.15) is 0 Å². The summed E-state index contributed by atoms with van der Waals surface area (Å²) in [6.45, 7) is 3.72. The largest absolute Gasteiger partial charge is 0.481 e. The highest BCUT2D eigenvalue weighted by Gasteiger charge is 2.37. The number of rotatable bonds is 9. The zero-order valence-electron chi connectivity index (χ0n) is 21.2. The summed E-state index contributed by atoms with van der Waals surface area (Å²) in [5.74, 6) is -1.50. The van der Waals surface area contributed by atoms with Crippen LogP contribution in [0, 0.1) is 18.7 Å². The number of hydrogen-bond acceptors (Lipinski definition) is 9. The van der Waals surface area contributed by atoms with Crippen LogP contribution in [0.5, 0.6) is 0 Å². The molecule has 2 heterocycles. The Labute approximate surface area is 224 Å². The third kappa shape index (κ3) is 5.99. The number of aliphatic imine (C=N–C) groups is 2. The Morgan fingerprint density at radius 3 is 2.92 bits per heavy atom. The SMILES string of the molecule is CCOC(=O)C1=C(C2CCC(N)=C(C=NCCC(=O)O)C2)NC(c2nccs2)=NC1c1cccc(F)c1C. The van der Waals surface area contributed by atoms with E-state index >= 15 is 0 Å². The first kappa shape index (κ1) is 27.2. The molecule has 1 aromatic heterocycles. The monoisotopic (exact) mass is 539 g/mol. The summed E-state index contributed by atoms with van der Waals surface area (Å²) in [6, 6.07) is 3.96. The molecule has 2 aromatic rings. The lowest BCUT2D eigenvalue weighted by Gasteiger charge is -2.34. The zero-order valence-corrected chi connectivity index (χ0v) is 22.1. The van der Waals surface area contributed by atoms with Gasteiger partial charge in [0.05, 0.1) is 18.6 Å². The van der Waals surface area contributed by atoms with Crippen LogP contribution in [0.25, 0.3) is 0 Å². The van der Waals surface area contributed by atoms with E-state index in [0.29, 0.717) is 58.2 Å². The van der Waals surface area contributed by atoms with E-state index in [1.54, 1.807) is 38.4 Å². The first-order valence-corrected chi connectivity index (χ1v) is 13.3. The van der Waals surface area contributed by atoms with Gasteiger partial charge in [0.15, 0.2) is 10.8 Å².